The summed E-state index contributed by atoms with van der Waals surface area (Å²) in [5.41, 5.74) is 0.652. The van der Waals surface area contributed by atoms with Crippen LogP contribution in [0.15, 0.2) is 45.6 Å². The number of ether oxygens (including phenoxy) is 1. The lowest BCUT2D eigenvalue weighted by molar-refractivity contribution is -0.0165. The van der Waals surface area contributed by atoms with Gasteiger partial charge in [0.25, 0.3) is 0 Å². The standard InChI is InChI=1S/C19H19NO4/c1-19(2,10-21)20-9-15-16(23-11-20)8-7-13-12-5-3-4-6-14(12)18(22)24-17(13)15/h3-8,21H,9-11H2,1-2H3. The second-order valence-corrected chi connectivity index (χ2v) is 6.80. The molecule has 0 saturated heterocycles. The van der Waals surface area contributed by atoms with Crippen molar-refractivity contribution in [2.75, 3.05) is 13.3 Å². The maximum atomic E-state index is 12.4. The van der Waals surface area contributed by atoms with Crippen LogP contribution in [0.1, 0.15) is 19.4 Å². The Morgan fingerprint density at radius 2 is 1.88 bits per heavy atom. The fourth-order valence-electron chi connectivity index (χ4n) is 3.14. The lowest BCUT2D eigenvalue weighted by Crippen LogP contribution is -2.49. The number of rotatable bonds is 2. The van der Waals surface area contributed by atoms with Crippen LogP contribution in [0, 0.1) is 0 Å². The predicted molar refractivity (Wildman–Crippen MR) is 92.2 cm³/mol. The van der Waals surface area contributed by atoms with Crippen LogP contribution in [0.25, 0.3) is 21.7 Å². The van der Waals surface area contributed by atoms with Crippen molar-refractivity contribution in [2.45, 2.75) is 25.9 Å². The summed E-state index contributed by atoms with van der Waals surface area (Å²) in [5, 5.41) is 12.0. The largest absolute Gasteiger partial charge is 0.478 e. The molecule has 0 spiro atoms. The molecule has 1 aromatic heterocycles. The number of hydrogen-bond acceptors (Lipinski definition) is 5. The van der Waals surface area contributed by atoms with E-state index in [4.69, 9.17) is 9.15 Å². The Balaban J connectivity index is 1.96. The van der Waals surface area contributed by atoms with Gasteiger partial charge in [0.1, 0.15) is 18.1 Å². The first kappa shape index (κ1) is 15.2. The van der Waals surface area contributed by atoms with Crippen molar-refractivity contribution in [3.05, 3.63) is 52.4 Å². The lowest BCUT2D eigenvalue weighted by atomic mass is 10.00. The molecule has 0 atom stereocenters. The predicted octanol–water partition coefficient (Wildman–Crippen LogP) is 2.87. The minimum atomic E-state index is -0.420. The molecule has 4 rings (SSSR count). The first-order valence-electron chi connectivity index (χ1n) is 7.97. The van der Waals surface area contributed by atoms with Gasteiger partial charge in [-0.15, -0.1) is 0 Å². The Hall–Kier alpha value is -2.37. The molecule has 0 bridgehead atoms. The van der Waals surface area contributed by atoms with E-state index in [-0.39, 0.29) is 12.2 Å². The van der Waals surface area contributed by atoms with Gasteiger partial charge in [-0.2, -0.15) is 0 Å². The van der Waals surface area contributed by atoms with Crippen molar-refractivity contribution in [2.24, 2.45) is 0 Å². The summed E-state index contributed by atoms with van der Waals surface area (Å²) >= 11 is 0. The summed E-state index contributed by atoms with van der Waals surface area (Å²) in [6, 6.07) is 11.3. The summed E-state index contributed by atoms with van der Waals surface area (Å²) in [6.45, 7) is 4.88. The molecule has 2 aromatic carbocycles. The van der Waals surface area contributed by atoms with E-state index in [9.17, 15) is 9.90 Å². The third-order valence-corrected chi connectivity index (χ3v) is 4.82. The van der Waals surface area contributed by atoms with Gasteiger partial charge in [-0.25, -0.2) is 4.79 Å². The fraction of sp³-hybridized carbons (Fsp3) is 0.316. The van der Waals surface area contributed by atoms with Crippen LogP contribution in [-0.4, -0.2) is 28.9 Å². The molecule has 0 amide bonds. The van der Waals surface area contributed by atoms with Gasteiger partial charge in [-0.05, 0) is 37.4 Å². The number of benzene rings is 2. The fourth-order valence-corrected chi connectivity index (χ4v) is 3.14. The summed E-state index contributed by atoms with van der Waals surface area (Å²) in [5.74, 6) is 0.728. The smallest absolute Gasteiger partial charge is 0.344 e. The molecule has 2 heterocycles. The monoisotopic (exact) mass is 325 g/mol. The first-order valence-corrected chi connectivity index (χ1v) is 7.97. The highest BCUT2D eigenvalue weighted by Gasteiger charge is 2.31. The number of nitrogens with zero attached hydrogens (tertiary/aromatic N) is 1. The third-order valence-electron chi connectivity index (χ3n) is 4.82. The van der Waals surface area contributed by atoms with Gasteiger partial charge in [0.15, 0.2) is 0 Å². The maximum absolute atomic E-state index is 12.4. The average molecular weight is 325 g/mol. The molecule has 1 N–H and O–H groups in total. The number of fused-ring (bicyclic) bond motifs is 5. The van der Waals surface area contributed by atoms with Crippen LogP contribution >= 0.6 is 0 Å². The molecule has 124 valence electrons. The Morgan fingerprint density at radius 3 is 2.62 bits per heavy atom. The van der Waals surface area contributed by atoms with E-state index in [1.54, 1.807) is 6.07 Å². The maximum Gasteiger partial charge on any atom is 0.344 e. The second-order valence-electron chi connectivity index (χ2n) is 6.80. The van der Waals surface area contributed by atoms with Crippen LogP contribution in [0.2, 0.25) is 0 Å². The lowest BCUT2D eigenvalue weighted by Gasteiger charge is -2.39. The normalized spacial score (nSPS) is 15.5. The van der Waals surface area contributed by atoms with E-state index < -0.39 is 5.54 Å². The molecule has 0 unspecified atom stereocenters. The van der Waals surface area contributed by atoms with E-state index in [0.29, 0.717) is 24.2 Å². The Morgan fingerprint density at radius 1 is 1.12 bits per heavy atom. The van der Waals surface area contributed by atoms with E-state index >= 15 is 0 Å². The number of hydrogen-bond donors (Lipinski definition) is 1. The van der Waals surface area contributed by atoms with Crippen molar-refractivity contribution >= 4 is 21.7 Å². The number of aliphatic hydroxyl groups is 1. The molecule has 0 aliphatic carbocycles. The van der Waals surface area contributed by atoms with Crippen LogP contribution in [0.3, 0.4) is 0 Å². The summed E-state index contributed by atoms with van der Waals surface area (Å²) in [4.78, 5) is 14.4. The quantitative estimate of drug-likeness (QED) is 0.580. The zero-order valence-electron chi connectivity index (χ0n) is 13.7. The van der Waals surface area contributed by atoms with E-state index in [2.05, 4.69) is 0 Å². The minimum absolute atomic E-state index is 0.0172. The molecule has 1 aliphatic rings. The van der Waals surface area contributed by atoms with Gasteiger partial charge in [0.05, 0.1) is 17.6 Å². The van der Waals surface area contributed by atoms with E-state index in [1.165, 1.54) is 0 Å². The summed E-state index contributed by atoms with van der Waals surface area (Å²) < 4.78 is 11.5. The average Bonchev–Trinajstić information content (AvgIpc) is 2.61. The molecular formula is C19H19NO4. The van der Waals surface area contributed by atoms with Crippen molar-refractivity contribution in [1.82, 2.24) is 4.90 Å². The highest BCUT2D eigenvalue weighted by atomic mass is 16.5. The summed E-state index contributed by atoms with van der Waals surface area (Å²) in [6.07, 6.45) is 0. The Bertz CT molecular complexity index is 990. The highest BCUT2D eigenvalue weighted by Crippen LogP contribution is 2.36. The molecule has 0 fully saturated rings. The molecule has 0 saturated carbocycles. The van der Waals surface area contributed by atoms with Crippen molar-refractivity contribution < 1.29 is 14.3 Å². The number of aliphatic hydroxyl groups excluding tert-OH is 1. The molecule has 5 heteroatoms. The molecule has 1 aliphatic heterocycles. The van der Waals surface area contributed by atoms with Gasteiger partial charge in [-0.3, -0.25) is 4.90 Å². The Labute approximate surface area is 139 Å². The van der Waals surface area contributed by atoms with Gasteiger partial charge < -0.3 is 14.3 Å². The molecule has 0 radical (unpaired) electrons. The van der Waals surface area contributed by atoms with Crippen LogP contribution < -0.4 is 10.4 Å². The molecule has 24 heavy (non-hydrogen) atoms. The van der Waals surface area contributed by atoms with Crippen LogP contribution in [0.5, 0.6) is 5.75 Å². The van der Waals surface area contributed by atoms with Gasteiger partial charge in [0, 0.05) is 17.5 Å². The van der Waals surface area contributed by atoms with Crippen LogP contribution in [0.4, 0.5) is 0 Å². The first-order chi connectivity index (χ1) is 11.5. The van der Waals surface area contributed by atoms with Gasteiger partial charge in [0.2, 0.25) is 0 Å². The van der Waals surface area contributed by atoms with Gasteiger partial charge >= 0.3 is 5.63 Å². The van der Waals surface area contributed by atoms with Crippen molar-refractivity contribution in [1.29, 1.82) is 0 Å². The highest BCUT2D eigenvalue weighted by molar-refractivity contribution is 6.05. The minimum Gasteiger partial charge on any atom is -0.478 e. The Kier molecular flexibility index (Phi) is 3.37. The van der Waals surface area contributed by atoms with Gasteiger partial charge in [-0.1, -0.05) is 18.2 Å². The zero-order chi connectivity index (χ0) is 16.9. The van der Waals surface area contributed by atoms with E-state index in [1.807, 2.05) is 49.1 Å². The molecule has 3 aromatic rings. The molecule has 5 nitrogen and oxygen atoms in total. The second kappa shape index (κ2) is 5.33. The van der Waals surface area contributed by atoms with E-state index in [0.717, 1.165) is 22.1 Å². The zero-order valence-corrected chi connectivity index (χ0v) is 13.7. The van der Waals surface area contributed by atoms with Crippen molar-refractivity contribution in [3.8, 4) is 5.75 Å². The molecular weight excluding hydrogens is 306 g/mol. The van der Waals surface area contributed by atoms with Crippen LogP contribution in [-0.2, 0) is 6.54 Å². The third kappa shape index (κ3) is 2.20. The summed E-state index contributed by atoms with van der Waals surface area (Å²) in [7, 11) is 0. The topological polar surface area (TPSA) is 62.9 Å². The SMILES string of the molecule is CC(C)(CO)N1COc2ccc3c(oc(=O)c4ccccc43)c2C1. The van der Waals surface area contributed by atoms with Crippen molar-refractivity contribution in [3.63, 3.8) is 0 Å².